The van der Waals surface area contributed by atoms with Gasteiger partial charge in [0, 0.05) is 0 Å². The molecule has 0 aliphatic rings. The Labute approximate surface area is 293 Å². The van der Waals surface area contributed by atoms with E-state index in [4.69, 9.17) is 0 Å². The summed E-state index contributed by atoms with van der Waals surface area (Å²) in [5.41, 5.74) is 1.32. The Balaban J connectivity index is -0.0000000767. The van der Waals surface area contributed by atoms with E-state index < -0.39 is 0 Å². The number of benzene rings is 4. The maximum absolute atomic E-state index is 2.12. The number of rotatable bonds is 0. The van der Waals surface area contributed by atoms with Gasteiger partial charge < -0.3 is 0 Å². The molecule has 0 N–H and O–H groups in total. The average Bonchev–Trinajstić information content (AvgIpc) is 3.07. The Kier molecular flexibility index (Phi) is 88.0. The van der Waals surface area contributed by atoms with Gasteiger partial charge in [0.15, 0.2) is 0 Å². The fourth-order valence-corrected chi connectivity index (χ4v) is 2.05. The van der Waals surface area contributed by atoms with E-state index in [1.165, 1.54) is 61.3 Å². The minimum atomic E-state index is 1.25. The first-order chi connectivity index (χ1) is 22.3. The van der Waals surface area contributed by atoms with Crippen LogP contribution < -0.4 is 0 Å². The zero-order chi connectivity index (χ0) is 37.1. The van der Waals surface area contributed by atoms with Gasteiger partial charge >= 0.3 is 0 Å². The molecule has 0 heterocycles. The van der Waals surface area contributed by atoms with Crippen molar-refractivity contribution < 1.29 is 0 Å². The van der Waals surface area contributed by atoms with E-state index >= 15 is 0 Å². The summed E-state index contributed by atoms with van der Waals surface area (Å²) in [6.45, 7) is 35.8. The summed E-state index contributed by atoms with van der Waals surface area (Å²) in [4.78, 5) is 0. The molecule has 0 radical (unpaired) electrons. The van der Waals surface area contributed by atoms with Crippen LogP contribution >= 0.6 is 0 Å². The van der Waals surface area contributed by atoms with Gasteiger partial charge in [0.2, 0.25) is 0 Å². The molecule has 0 fully saturated rings. The van der Waals surface area contributed by atoms with Crippen LogP contribution in [0.5, 0.6) is 0 Å². The van der Waals surface area contributed by atoms with Gasteiger partial charge in [-0.25, -0.2) is 0 Å². The summed E-state index contributed by atoms with van der Waals surface area (Å²) >= 11 is 0. The van der Waals surface area contributed by atoms with Crippen LogP contribution in [0.2, 0.25) is 0 Å². The van der Waals surface area contributed by atoms with E-state index in [0.29, 0.717) is 0 Å². The van der Waals surface area contributed by atoms with Crippen molar-refractivity contribution in [3.63, 3.8) is 0 Å². The van der Waals surface area contributed by atoms with Gasteiger partial charge in [0.05, 0.1) is 0 Å². The van der Waals surface area contributed by atoms with Crippen LogP contribution in [-0.2, 0) is 0 Å². The largest absolute Gasteiger partial charge is 0.0683 e. The first kappa shape index (κ1) is 58.7. The second-order valence-electron chi connectivity index (χ2n) is 10.1. The van der Waals surface area contributed by atoms with E-state index in [2.05, 4.69) is 165 Å². The van der Waals surface area contributed by atoms with Crippen molar-refractivity contribution in [2.24, 2.45) is 0 Å². The standard InChI is InChI=1S/C10H8.C7H8.C6H6.7C3H8.C2H6/c1-2-6-10-8-4-3-7-9(10)5-1;1-7-5-3-2-4-6-7;1-2-4-6-5-3-1;7*1-3-2;1-2/h1-8H;2-6H,1H3;1-6H;7*3H2,1-2H3;1-2H3. The highest BCUT2D eigenvalue weighted by atomic mass is 13.9. The average molecular weight is 637 g/mol. The summed E-state index contributed by atoms with van der Waals surface area (Å²) in [7, 11) is 0. The molecule has 0 bridgehead atoms. The molecule has 0 spiro atoms. The first-order valence-corrected chi connectivity index (χ1v) is 18.7. The third kappa shape index (κ3) is 78.1. The van der Waals surface area contributed by atoms with Crippen LogP contribution in [0.4, 0.5) is 0 Å². The second kappa shape index (κ2) is 69.0. The highest BCUT2D eigenvalue weighted by Gasteiger charge is 1.85. The van der Waals surface area contributed by atoms with Crippen molar-refractivity contribution in [3.05, 3.63) is 121 Å². The lowest BCUT2D eigenvalue weighted by molar-refractivity contribution is 1.09. The molecule has 268 valence electrons. The Hall–Kier alpha value is -2.86. The fourth-order valence-electron chi connectivity index (χ4n) is 2.05. The SMILES string of the molecule is CC.CCC.CCC.CCC.CCC.CCC.CCC.CCC.Cc1ccccc1.c1ccc2ccccc2c1.c1ccccc1. The van der Waals surface area contributed by atoms with Gasteiger partial charge in [-0.15, -0.1) is 0 Å². The van der Waals surface area contributed by atoms with Crippen LogP contribution in [0.15, 0.2) is 115 Å². The molecular weight excluding hydrogens is 553 g/mol. The van der Waals surface area contributed by atoms with Gasteiger partial charge in [0.25, 0.3) is 0 Å². The smallest absolute Gasteiger partial charge is 0.0184 e. The molecule has 4 rings (SSSR count). The van der Waals surface area contributed by atoms with Crippen molar-refractivity contribution in [1.82, 2.24) is 0 Å². The number of aryl methyl sites for hydroxylation is 1. The van der Waals surface area contributed by atoms with E-state index in [1.54, 1.807) is 0 Å². The van der Waals surface area contributed by atoms with Crippen molar-refractivity contribution in [3.8, 4) is 0 Å². The fraction of sp³-hybridized carbons (Fsp3) is 0.522. The predicted octanol–water partition coefficient (Wildman–Crippen LogP) is 17.5. The zero-order valence-corrected chi connectivity index (χ0v) is 34.4. The minimum absolute atomic E-state index is 1.25. The molecule has 0 aliphatic carbocycles. The van der Waals surface area contributed by atoms with Crippen molar-refractivity contribution in [1.29, 1.82) is 0 Å². The number of hydrogen-bond donors (Lipinski definition) is 0. The Bertz CT molecular complexity index is 769. The van der Waals surface area contributed by atoms with E-state index in [1.807, 2.05) is 68.4 Å². The molecular formula is C46H84. The van der Waals surface area contributed by atoms with E-state index in [-0.39, 0.29) is 0 Å². The number of hydrogen-bond acceptors (Lipinski definition) is 0. The molecule has 4 aromatic carbocycles. The highest BCUT2D eigenvalue weighted by Crippen LogP contribution is 2.11. The maximum Gasteiger partial charge on any atom is -0.0184 e. The van der Waals surface area contributed by atoms with Gasteiger partial charge in [-0.05, 0) is 17.7 Å². The zero-order valence-electron chi connectivity index (χ0n) is 34.4. The van der Waals surface area contributed by atoms with E-state index in [9.17, 15) is 0 Å². The monoisotopic (exact) mass is 637 g/mol. The number of fused-ring (bicyclic) bond motifs is 1. The minimum Gasteiger partial charge on any atom is -0.0683 e. The molecule has 4 aromatic rings. The van der Waals surface area contributed by atoms with Crippen LogP contribution in [0.3, 0.4) is 0 Å². The molecule has 0 saturated carbocycles. The predicted molar refractivity (Wildman–Crippen MR) is 225 cm³/mol. The van der Waals surface area contributed by atoms with Crippen molar-refractivity contribution >= 4 is 10.8 Å². The molecule has 0 atom stereocenters. The quantitative estimate of drug-likeness (QED) is 0.180. The summed E-state index contributed by atoms with van der Waals surface area (Å²) in [5, 5.41) is 2.62. The third-order valence-corrected chi connectivity index (χ3v) is 3.27. The lowest BCUT2D eigenvalue weighted by Crippen LogP contribution is -1.67. The molecule has 0 nitrogen and oxygen atoms in total. The Morgan fingerprint density at radius 2 is 0.391 bits per heavy atom. The molecule has 0 heteroatoms. The molecule has 0 amide bonds. The van der Waals surface area contributed by atoms with Gasteiger partial charge in [-0.3, -0.25) is 0 Å². The lowest BCUT2D eigenvalue weighted by Gasteiger charge is -1.92. The topological polar surface area (TPSA) is 0 Å². The van der Waals surface area contributed by atoms with Crippen LogP contribution in [0.1, 0.15) is 161 Å². The highest BCUT2D eigenvalue weighted by molar-refractivity contribution is 5.82. The van der Waals surface area contributed by atoms with Gasteiger partial charge in [-0.1, -0.05) is 277 Å². The second-order valence-corrected chi connectivity index (χ2v) is 10.1. The van der Waals surface area contributed by atoms with Gasteiger partial charge in [0.1, 0.15) is 0 Å². The molecule has 0 aliphatic heterocycles. The molecule has 0 aromatic heterocycles. The molecule has 46 heavy (non-hydrogen) atoms. The Morgan fingerprint density at radius 3 is 0.522 bits per heavy atom. The summed E-state index contributed by atoms with van der Waals surface area (Å²) in [6.07, 6.45) is 8.75. The van der Waals surface area contributed by atoms with Crippen LogP contribution in [-0.4, -0.2) is 0 Å². The van der Waals surface area contributed by atoms with Crippen LogP contribution in [0, 0.1) is 6.92 Å². The summed E-state index contributed by atoms with van der Waals surface area (Å²) in [6, 6.07) is 39.0. The lowest BCUT2D eigenvalue weighted by atomic mass is 10.1. The maximum atomic E-state index is 2.12. The molecule has 0 unspecified atom stereocenters. The summed E-state index contributed by atoms with van der Waals surface area (Å²) in [5.74, 6) is 0. The van der Waals surface area contributed by atoms with Crippen molar-refractivity contribution in [2.45, 2.75) is 163 Å². The van der Waals surface area contributed by atoms with E-state index in [0.717, 1.165) is 0 Å². The normalized spacial score (nSPS) is 7.41. The summed E-state index contributed by atoms with van der Waals surface area (Å²) < 4.78 is 0. The third-order valence-electron chi connectivity index (χ3n) is 3.27. The molecule has 0 saturated heterocycles. The van der Waals surface area contributed by atoms with Gasteiger partial charge in [-0.2, -0.15) is 0 Å². The Morgan fingerprint density at radius 1 is 0.261 bits per heavy atom. The van der Waals surface area contributed by atoms with Crippen LogP contribution in [0.25, 0.3) is 10.8 Å². The first-order valence-electron chi connectivity index (χ1n) is 18.7. The van der Waals surface area contributed by atoms with Crippen molar-refractivity contribution in [2.75, 3.05) is 0 Å².